The molecule has 1 aliphatic rings. The van der Waals surface area contributed by atoms with E-state index in [9.17, 15) is 5.11 Å². The molecular formula is C11H22O3. The van der Waals surface area contributed by atoms with E-state index in [1.165, 1.54) is 0 Å². The van der Waals surface area contributed by atoms with Crippen molar-refractivity contribution in [3.8, 4) is 0 Å². The summed E-state index contributed by atoms with van der Waals surface area (Å²) < 4.78 is 10.3. The van der Waals surface area contributed by atoms with Gasteiger partial charge in [0.25, 0.3) is 0 Å². The van der Waals surface area contributed by atoms with Crippen LogP contribution in [-0.4, -0.2) is 38.1 Å². The number of ether oxygens (including phenoxy) is 2. The molecule has 3 nitrogen and oxygen atoms in total. The van der Waals surface area contributed by atoms with Crippen LogP contribution in [0.1, 0.15) is 26.2 Å². The second-order valence-electron chi connectivity index (χ2n) is 4.29. The first-order chi connectivity index (χ1) is 6.74. The molecular weight excluding hydrogens is 180 g/mol. The zero-order valence-electron chi connectivity index (χ0n) is 9.24. The number of hydrogen-bond donors (Lipinski definition) is 1. The van der Waals surface area contributed by atoms with Crippen LogP contribution in [0.25, 0.3) is 0 Å². The SMILES string of the molecule is COCCC(C)C(O)CC1CCOC1. The van der Waals surface area contributed by atoms with Crippen molar-refractivity contribution in [3.05, 3.63) is 0 Å². The molecule has 0 bridgehead atoms. The molecule has 0 aliphatic carbocycles. The Morgan fingerprint density at radius 1 is 1.57 bits per heavy atom. The maximum atomic E-state index is 9.89. The zero-order chi connectivity index (χ0) is 10.4. The Morgan fingerprint density at radius 2 is 2.36 bits per heavy atom. The fourth-order valence-corrected chi connectivity index (χ4v) is 1.84. The zero-order valence-corrected chi connectivity index (χ0v) is 9.24. The van der Waals surface area contributed by atoms with E-state index in [2.05, 4.69) is 6.92 Å². The van der Waals surface area contributed by atoms with Gasteiger partial charge in [0, 0.05) is 26.9 Å². The Morgan fingerprint density at radius 3 is 2.93 bits per heavy atom. The van der Waals surface area contributed by atoms with Gasteiger partial charge in [0.1, 0.15) is 0 Å². The summed E-state index contributed by atoms with van der Waals surface area (Å²) in [6.45, 7) is 4.51. The predicted molar refractivity (Wildman–Crippen MR) is 55.2 cm³/mol. The molecule has 3 unspecified atom stereocenters. The molecule has 1 heterocycles. The summed E-state index contributed by atoms with van der Waals surface area (Å²) >= 11 is 0. The molecule has 0 radical (unpaired) electrons. The molecule has 0 saturated carbocycles. The molecule has 1 N–H and O–H groups in total. The monoisotopic (exact) mass is 202 g/mol. The Labute approximate surface area is 86.4 Å². The van der Waals surface area contributed by atoms with Crippen LogP contribution in [0.2, 0.25) is 0 Å². The maximum Gasteiger partial charge on any atom is 0.0570 e. The first kappa shape index (κ1) is 12.0. The van der Waals surface area contributed by atoms with E-state index >= 15 is 0 Å². The van der Waals surface area contributed by atoms with Crippen molar-refractivity contribution >= 4 is 0 Å². The molecule has 84 valence electrons. The number of aliphatic hydroxyl groups excluding tert-OH is 1. The minimum atomic E-state index is -0.197. The highest BCUT2D eigenvalue weighted by Crippen LogP contribution is 2.22. The van der Waals surface area contributed by atoms with Gasteiger partial charge in [-0.3, -0.25) is 0 Å². The average Bonchev–Trinajstić information content (AvgIpc) is 2.66. The van der Waals surface area contributed by atoms with E-state index in [1.54, 1.807) is 7.11 Å². The van der Waals surface area contributed by atoms with Gasteiger partial charge in [-0.05, 0) is 31.1 Å². The highest BCUT2D eigenvalue weighted by molar-refractivity contribution is 4.72. The van der Waals surface area contributed by atoms with Crippen LogP contribution in [-0.2, 0) is 9.47 Å². The van der Waals surface area contributed by atoms with E-state index in [4.69, 9.17) is 9.47 Å². The van der Waals surface area contributed by atoms with Crippen LogP contribution in [0.15, 0.2) is 0 Å². The van der Waals surface area contributed by atoms with E-state index < -0.39 is 0 Å². The Hall–Kier alpha value is -0.120. The van der Waals surface area contributed by atoms with E-state index in [0.29, 0.717) is 11.8 Å². The smallest absolute Gasteiger partial charge is 0.0570 e. The summed E-state index contributed by atoms with van der Waals surface area (Å²) in [6.07, 6.45) is 2.72. The number of methoxy groups -OCH3 is 1. The maximum absolute atomic E-state index is 9.89. The molecule has 0 aromatic carbocycles. The molecule has 1 rings (SSSR count). The van der Waals surface area contributed by atoms with Crippen molar-refractivity contribution < 1.29 is 14.6 Å². The molecule has 0 amide bonds. The van der Waals surface area contributed by atoms with Crippen LogP contribution in [0.4, 0.5) is 0 Å². The lowest BCUT2D eigenvalue weighted by Crippen LogP contribution is -2.22. The quantitative estimate of drug-likeness (QED) is 0.708. The van der Waals surface area contributed by atoms with Crippen LogP contribution in [0, 0.1) is 11.8 Å². The van der Waals surface area contributed by atoms with Crippen molar-refractivity contribution in [2.75, 3.05) is 26.9 Å². The molecule has 3 atom stereocenters. The minimum absolute atomic E-state index is 0.197. The molecule has 3 heteroatoms. The first-order valence-electron chi connectivity index (χ1n) is 5.48. The summed E-state index contributed by atoms with van der Waals surface area (Å²) in [4.78, 5) is 0. The summed E-state index contributed by atoms with van der Waals surface area (Å²) in [6, 6.07) is 0. The number of aliphatic hydroxyl groups is 1. The number of rotatable bonds is 6. The summed E-state index contributed by atoms with van der Waals surface area (Å²) in [5, 5.41) is 9.89. The van der Waals surface area contributed by atoms with Crippen molar-refractivity contribution in [1.29, 1.82) is 0 Å². The van der Waals surface area contributed by atoms with Gasteiger partial charge >= 0.3 is 0 Å². The van der Waals surface area contributed by atoms with Crippen molar-refractivity contribution in [2.45, 2.75) is 32.3 Å². The van der Waals surface area contributed by atoms with Crippen LogP contribution < -0.4 is 0 Å². The molecule has 1 aliphatic heterocycles. The summed E-state index contributed by atoms with van der Waals surface area (Å²) in [5.74, 6) is 0.894. The van der Waals surface area contributed by atoms with Gasteiger partial charge in [-0.25, -0.2) is 0 Å². The van der Waals surface area contributed by atoms with Gasteiger partial charge in [0.15, 0.2) is 0 Å². The lowest BCUT2D eigenvalue weighted by atomic mass is 9.92. The van der Waals surface area contributed by atoms with Crippen LogP contribution in [0.5, 0.6) is 0 Å². The van der Waals surface area contributed by atoms with E-state index in [1.807, 2.05) is 0 Å². The molecule has 1 saturated heterocycles. The Kier molecular flexibility index (Phi) is 5.45. The topological polar surface area (TPSA) is 38.7 Å². The highest BCUT2D eigenvalue weighted by atomic mass is 16.5. The van der Waals surface area contributed by atoms with Gasteiger partial charge in [-0.15, -0.1) is 0 Å². The third-order valence-corrected chi connectivity index (χ3v) is 3.03. The standard InChI is InChI=1S/C11H22O3/c1-9(3-5-13-2)11(12)7-10-4-6-14-8-10/h9-12H,3-8H2,1-2H3. The first-order valence-corrected chi connectivity index (χ1v) is 5.48. The molecule has 14 heavy (non-hydrogen) atoms. The Bertz CT molecular complexity index is 143. The van der Waals surface area contributed by atoms with E-state index in [-0.39, 0.29) is 6.10 Å². The van der Waals surface area contributed by atoms with Gasteiger partial charge in [0.05, 0.1) is 6.10 Å². The minimum Gasteiger partial charge on any atom is -0.393 e. The van der Waals surface area contributed by atoms with E-state index in [0.717, 1.165) is 39.1 Å². The lowest BCUT2D eigenvalue weighted by Gasteiger charge is -2.20. The van der Waals surface area contributed by atoms with Crippen molar-refractivity contribution in [2.24, 2.45) is 11.8 Å². The average molecular weight is 202 g/mol. The fourth-order valence-electron chi connectivity index (χ4n) is 1.84. The van der Waals surface area contributed by atoms with Crippen LogP contribution >= 0.6 is 0 Å². The summed E-state index contributed by atoms with van der Waals surface area (Å²) in [5.41, 5.74) is 0. The normalized spacial score (nSPS) is 26.4. The van der Waals surface area contributed by atoms with Crippen molar-refractivity contribution in [1.82, 2.24) is 0 Å². The van der Waals surface area contributed by atoms with Gasteiger partial charge in [0.2, 0.25) is 0 Å². The second-order valence-corrected chi connectivity index (χ2v) is 4.29. The summed E-state index contributed by atoms with van der Waals surface area (Å²) in [7, 11) is 1.70. The Balaban J connectivity index is 2.15. The fraction of sp³-hybridized carbons (Fsp3) is 1.00. The molecule has 0 aromatic rings. The largest absolute Gasteiger partial charge is 0.393 e. The van der Waals surface area contributed by atoms with Crippen molar-refractivity contribution in [3.63, 3.8) is 0 Å². The van der Waals surface area contributed by atoms with Gasteiger partial charge in [-0.2, -0.15) is 0 Å². The molecule has 0 aromatic heterocycles. The van der Waals surface area contributed by atoms with Gasteiger partial charge < -0.3 is 14.6 Å². The molecule has 0 spiro atoms. The molecule has 1 fully saturated rings. The second kappa shape index (κ2) is 6.38. The number of hydrogen-bond acceptors (Lipinski definition) is 3. The predicted octanol–water partition coefficient (Wildman–Crippen LogP) is 1.45. The third-order valence-electron chi connectivity index (χ3n) is 3.03. The lowest BCUT2D eigenvalue weighted by molar-refractivity contribution is 0.0654. The van der Waals surface area contributed by atoms with Crippen LogP contribution in [0.3, 0.4) is 0 Å². The third kappa shape index (κ3) is 3.95. The van der Waals surface area contributed by atoms with Gasteiger partial charge in [-0.1, -0.05) is 6.92 Å². The highest BCUT2D eigenvalue weighted by Gasteiger charge is 2.22.